The van der Waals surface area contributed by atoms with Crippen LogP contribution < -0.4 is 4.74 Å². The van der Waals surface area contributed by atoms with Crippen molar-refractivity contribution in [3.05, 3.63) is 59.5 Å². The minimum atomic E-state index is -1.06. The first-order chi connectivity index (χ1) is 8.66. The van der Waals surface area contributed by atoms with Gasteiger partial charge in [-0.1, -0.05) is 18.2 Å². The molecule has 0 saturated carbocycles. The third kappa shape index (κ3) is 2.82. The lowest BCUT2D eigenvalue weighted by Crippen LogP contribution is -2.02. The van der Waals surface area contributed by atoms with Crippen molar-refractivity contribution in [2.45, 2.75) is 6.61 Å². The summed E-state index contributed by atoms with van der Waals surface area (Å²) in [6.07, 6.45) is 1.33. The van der Waals surface area contributed by atoms with E-state index in [1.54, 1.807) is 18.2 Å². The summed E-state index contributed by atoms with van der Waals surface area (Å²) in [6, 6.07) is 8.86. The van der Waals surface area contributed by atoms with Gasteiger partial charge in [-0.15, -0.1) is 0 Å². The first kappa shape index (κ1) is 12.0. The Hall–Kier alpha value is -2.43. The molecular weight excluding hydrogens is 237 g/mol. The lowest BCUT2D eigenvalue weighted by Gasteiger charge is -2.06. The minimum absolute atomic E-state index is 0.00272. The summed E-state index contributed by atoms with van der Waals surface area (Å²) >= 11 is 0. The maximum atomic E-state index is 13.3. The SMILES string of the molecule is O=C(O)c1ccnc(OCc2ccccc2F)c1. The van der Waals surface area contributed by atoms with Crippen LogP contribution in [-0.2, 0) is 6.61 Å². The van der Waals surface area contributed by atoms with E-state index in [9.17, 15) is 9.18 Å². The van der Waals surface area contributed by atoms with E-state index in [4.69, 9.17) is 9.84 Å². The van der Waals surface area contributed by atoms with Crippen molar-refractivity contribution in [3.63, 3.8) is 0 Å². The van der Waals surface area contributed by atoms with Crippen molar-refractivity contribution in [1.29, 1.82) is 0 Å². The number of benzene rings is 1. The molecule has 0 bridgehead atoms. The van der Waals surface area contributed by atoms with Crippen LogP contribution in [0.2, 0.25) is 0 Å². The second kappa shape index (κ2) is 5.27. The van der Waals surface area contributed by atoms with Gasteiger partial charge >= 0.3 is 5.97 Å². The fourth-order valence-corrected chi connectivity index (χ4v) is 1.39. The van der Waals surface area contributed by atoms with E-state index < -0.39 is 5.97 Å². The molecule has 1 heterocycles. The third-order valence-corrected chi connectivity index (χ3v) is 2.32. The normalized spacial score (nSPS) is 10.1. The number of carboxylic acids is 1. The molecule has 0 fully saturated rings. The quantitative estimate of drug-likeness (QED) is 0.901. The van der Waals surface area contributed by atoms with E-state index in [0.717, 1.165) is 0 Å². The van der Waals surface area contributed by atoms with Gasteiger partial charge in [0.1, 0.15) is 12.4 Å². The van der Waals surface area contributed by atoms with Crippen LogP contribution >= 0.6 is 0 Å². The number of aromatic carboxylic acids is 1. The van der Waals surface area contributed by atoms with Crippen molar-refractivity contribution in [2.75, 3.05) is 0 Å². The number of hydrogen-bond donors (Lipinski definition) is 1. The van der Waals surface area contributed by atoms with Crippen molar-refractivity contribution in [2.24, 2.45) is 0 Å². The zero-order valence-electron chi connectivity index (χ0n) is 9.34. The van der Waals surface area contributed by atoms with Crippen molar-refractivity contribution >= 4 is 5.97 Å². The molecule has 0 atom stereocenters. The van der Waals surface area contributed by atoms with Gasteiger partial charge in [0.25, 0.3) is 0 Å². The summed E-state index contributed by atoms with van der Waals surface area (Å²) in [5.41, 5.74) is 0.466. The number of pyridine rings is 1. The fraction of sp³-hybridized carbons (Fsp3) is 0.0769. The number of carbonyl (C=O) groups is 1. The van der Waals surface area contributed by atoms with Crippen molar-refractivity contribution in [3.8, 4) is 5.88 Å². The average molecular weight is 247 g/mol. The van der Waals surface area contributed by atoms with Crippen LogP contribution in [0.4, 0.5) is 4.39 Å². The van der Waals surface area contributed by atoms with Gasteiger partial charge in [-0.3, -0.25) is 0 Å². The second-order valence-corrected chi connectivity index (χ2v) is 3.57. The summed E-state index contributed by atoms with van der Waals surface area (Å²) in [5.74, 6) is -1.28. The molecule has 2 aromatic rings. The molecule has 4 nitrogen and oxygen atoms in total. The van der Waals surface area contributed by atoms with Crippen LogP contribution in [0.25, 0.3) is 0 Å². The maximum absolute atomic E-state index is 13.3. The minimum Gasteiger partial charge on any atom is -0.478 e. The molecule has 0 aliphatic heterocycles. The molecule has 92 valence electrons. The zero-order chi connectivity index (χ0) is 13.0. The standard InChI is InChI=1S/C13H10FNO3/c14-11-4-2-1-3-10(11)8-18-12-7-9(13(16)17)5-6-15-12/h1-7H,8H2,(H,16,17). The lowest BCUT2D eigenvalue weighted by atomic mass is 10.2. The molecule has 0 aliphatic carbocycles. The Bertz CT molecular complexity index is 572. The summed E-state index contributed by atoms with van der Waals surface area (Å²) in [4.78, 5) is 14.6. The summed E-state index contributed by atoms with van der Waals surface area (Å²) < 4.78 is 18.6. The first-order valence-electron chi connectivity index (χ1n) is 5.22. The van der Waals surface area contributed by atoms with Crippen molar-refractivity contribution < 1.29 is 19.0 Å². The number of carboxylic acid groups (broad SMARTS) is 1. The molecule has 0 radical (unpaired) electrons. The van der Waals surface area contributed by atoms with E-state index in [0.29, 0.717) is 5.56 Å². The van der Waals surface area contributed by atoms with Gasteiger partial charge in [0.2, 0.25) is 5.88 Å². The monoisotopic (exact) mass is 247 g/mol. The molecule has 0 spiro atoms. The summed E-state index contributed by atoms with van der Waals surface area (Å²) in [5, 5.41) is 8.80. The van der Waals surface area contributed by atoms with Crippen molar-refractivity contribution in [1.82, 2.24) is 4.98 Å². The molecule has 0 aliphatic rings. The van der Waals surface area contributed by atoms with Gasteiger partial charge < -0.3 is 9.84 Å². The molecule has 1 aromatic carbocycles. The van der Waals surface area contributed by atoms with Gasteiger partial charge in [0, 0.05) is 17.8 Å². The molecular formula is C13H10FNO3. The Labute approximate surface area is 103 Å². The highest BCUT2D eigenvalue weighted by molar-refractivity contribution is 5.87. The number of nitrogens with zero attached hydrogens (tertiary/aromatic N) is 1. The van der Waals surface area contributed by atoms with Gasteiger partial charge in [-0.25, -0.2) is 14.2 Å². The molecule has 0 saturated heterocycles. The Morgan fingerprint density at radius 3 is 2.83 bits per heavy atom. The topological polar surface area (TPSA) is 59.4 Å². The molecule has 2 rings (SSSR count). The van der Waals surface area contributed by atoms with Gasteiger partial charge in [-0.2, -0.15) is 0 Å². The highest BCUT2D eigenvalue weighted by Gasteiger charge is 2.06. The van der Waals surface area contributed by atoms with E-state index in [1.807, 2.05) is 0 Å². The molecule has 18 heavy (non-hydrogen) atoms. The van der Waals surface area contributed by atoms with Gasteiger partial charge in [0.15, 0.2) is 0 Å². The van der Waals surface area contributed by atoms with Crippen LogP contribution in [0.3, 0.4) is 0 Å². The Morgan fingerprint density at radius 1 is 1.33 bits per heavy atom. The lowest BCUT2D eigenvalue weighted by molar-refractivity contribution is 0.0696. The number of halogens is 1. The van der Waals surface area contributed by atoms with Crippen LogP contribution in [0, 0.1) is 5.82 Å². The Kier molecular flexibility index (Phi) is 3.52. The molecule has 0 unspecified atom stereocenters. The molecule has 5 heteroatoms. The number of ether oxygens (including phenoxy) is 1. The third-order valence-electron chi connectivity index (χ3n) is 2.32. The molecule has 1 N–H and O–H groups in total. The van der Waals surface area contributed by atoms with E-state index in [2.05, 4.69) is 4.98 Å². The second-order valence-electron chi connectivity index (χ2n) is 3.57. The van der Waals surface area contributed by atoms with Crippen LogP contribution in [0.15, 0.2) is 42.6 Å². The van der Waals surface area contributed by atoms with Crippen LogP contribution in [0.1, 0.15) is 15.9 Å². The molecule has 1 aromatic heterocycles. The zero-order valence-corrected chi connectivity index (χ0v) is 9.34. The predicted molar refractivity (Wildman–Crippen MR) is 61.9 cm³/mol. The predicted octanol–water partition coefficient (Wildman–Crippen LogP) is 2.50. The maximum Gasteiger partial charge on any atom is 0.335 e. The first-order valence-corrected chi connectivity index (χ1v) is 5.22. The van der Waals surface area contributed by atoms with Gasteiger partial charge in [0.05, 0.1) is 5.56 Å². The van der Waals surface area contributed by atoms with E-state index in [-0.39, 0.29) is 23.9 Å². The molecule has 0 amide bonds. The highest BCUT2D eigenvalue weighted by atomic mass is 19.1. The number of aromatic nitrogens is 1. The van der Waals surface area contributed by atoms with Gasteiger partial charge in [-0.05, 0) is 12.1 Å². The summed E-state index contributed by atoms with van der Waals surface area (Å²) in [7, 11) is 0. The number of rotatable bonds is 4. The van der Waals surface area contributed by atoms with Crippen LogP contribution in [0.5, 0.6) is 5.88 Å². The van der Waals surface area contributed by atoms with E-state index >= 15 is 0 Å². The van der Waals surface area contributed by atoms with Crippen LogP contribution in [-0.4, -0.2) is 16.1 Å². The average Bonchev–Trinajstić information content (AvgIpc) is 2.38. The highest BCUT2D eigenvalue weighted by Crippen LogP contribution is 2.13. The number of hydrogen-bond acceptors (Lipinski definition) is 3. The largest absolute Gasteiger partial charge is 0.478 e. The Balaban J connectivity index is 2.09. The fourth-order valence-electron chi connectivity index (χ4n) is 1.39. The summed E-state index contributed by atoms with van der Waals surface area (Å²) in [6.45, 7) is 0.00272. The smallest absolute Gasteiger partial charge is 0.335 e. The van der Waals surface area contributed by atoms with E-state index in [1.165, 1.54) is 24.4 Å². The Morgan fingerprint density at radius 2 is 2.11 bits per heavy atom.